The number of nitrogens with zero attached hydrogens (tertiary/aromatic N) is 1. The fourth-order valence-electron chi connectivity index (χ4n) is 1.46. The maximum absolute atomic E-state index is 10.8. The van der Waals surface area contributed by atoms with Gasteiger partial charge in [0.1, 0.15) is 6.61 Å². The lowest BCUT2D eigenvalue weighted by Gasteiger charge is -2.12. The monoisotopic (exact) mass is 235 g/mol. The molecule has 0 amide bonds. The van der Waals surface area contributed by atoms with Crippen LogP contribution in [0.25, 0.3) is 0 Å². The van der Waals surface area contributed by atoms with Crippen LogP contribution in [-0.2, 0) is 9.53 Å². The van der Waals surface area contributed by atoms with Crippen molar-refractivity contribution in [2.75, 3.05) is 6.61 Å². The molecule has 17 heavy (non-hydrogen) atoms. The molecule has 0 aliphatic rings. The highest BCUT2D eigenvalue weighted by Crippen LogP contribution is 2.27. The summed E-state index contributed by atoms with van der Waals surface area (Å²) < 4.78 is 4.85. The summed E-state index contributed by atoms with van der Waals surface area (Å²) in [7, 11) is 0. The third kappa shape index (κ3) is 3.41. The number of benzene rings is 1. The van der Waals surface area contributed by atoms with E-state index < -0.39 is 10.9 Å². The smallest absolute Gasteiger partial charge is 0.302 e. The molecule has 5 heteroatoms. The normalized spacial score (nSPS) is 11.6. The molecule has 90 valence electrons. The molecule has 0 N–H and O–H groups in total. The number of esters is 1. The van der Waals surface area contributed by atoms with Gasteiger partial charge in [-0.3, -0.25) is 14.9 Å². The van der Waals surface area contributed by atoms with Crippen LogP contribution in [0, 0.1) is 10.1 Å². The fourth-order valence-corrected chi connectivity index (χ4v) is 1.46. The van der Waals surface area contributed by atoms with Gasteiger partial charge in [-0.15, -0.1) is 6.58 Å². The molecule has 1 rings (SSSR count). The van der Waals surface area contributed by atoms with Crippen LogP contribution in [0.2, 0.25) is 0 Å². The number of rotatable bonds is 5. The number of carbonyl (C=O) groups is 1. The third-order valence-electron chi connectivity index (χ3n) is 2.28. The van der Waals surface area contributed by atoms with E-state index >= 15 is 0 Å². The van der Waals surface area contributed by atoms with Crippen molar-refractivity contribution in [3.8, 4) is 0 Å². The number of nitro groups is 1. The lowest BCUT2D eigenvalue weighted by Crippen LogP contribution is -2.10. The second-order valence-corrected chi connectivity index (χ2v) is 3.46. The highest BCUT2D eigenvalue weighted by Gasteiger charge is 2.20. The van der Waals surface area contributed by atoms with Gasteiger partial charge in [0.25, 0.3) is 5.69 Å². The molecule has 1 aromatic carbocycles. The minimum Gasteiger partial charge on any atom is -0.465 e. The van der Waals surface area contributed by atoms with Gasteiger partial charge in [-0.25, -0.2) is 0 Å². The first-order chi connectivity index (χ1) is 8.06. The summed E-state index contributed by atoms with van der Waals surface area (Å²) in [6, 6.07) is 6.34. The van der Waals surface area contributed by atoms with E-state index in [1.807, 2.05) is 0 Å². The zero-order chi connectivity index (χ0) is 12.8. The molecule has 0 fully saturated rings. The molecule has 0 spiro atoms. The predicted octanol–water partition coefficient (Wildman–Crippen LogP) is 2.43. The Balaban J connectivity index is 2.98. The summed E-state index contributed by atoms with van der Waals surface area (Å²) in [4.78, 5) is 21.1. The van der Waals surface area contributed by atoms with Crippen molar-refractivity contribution in [2.24, 2.45) is 0 Å². The van der Waals surface area contributed by atoms with Gasteiger partial charge in [-0.2, -0.15) is 0 Å². The number of hydrogen-bond donors (Lipinski definition) is 0. The molecule has 1 unspecified atom stereocenters. The lowest BCUT2D eigenvalue weighted by atomic mass is 9.98. The van der Waals surface area contributed by atoms with E-state index in [2.05, 4.69) is 6.58 Å². The molecular formula is C12H13NO4. The first-order valence-corrected chi connectivity index (χ1v) is 5.05. The van der Waals surface area contributed by atoms with E-state index in [1.54, 1.807) is 18.2 Å². The van der Waals surface area contributed by atoms with Crippen molar-refractivity contribution in [1.29, 1.82) is 0 Å². The molecule has 0 aliphatic carbocycles. The molecule has 0 saturated heterocycles. The Bertz CT molecular complexity index is 442. The zero-order valence-corrected chi connectivity index (χ0v) is 9.46. The van der Waals surface area contributed by atoms with Crippen LogP contribution in [0.15, 0.2) is 36.9 Å². The molecule has 0 radical (unpaired) electrons. The number of carbonyl (C=O) groups excluding carboxylic acids is 1. The Morgan fingerprint density at radius 2 is 2.24 bits per heavy atom. The van der Waals surface area contributed by atoms with Crippen LogP contribution in [0.3, 0.4) is 0 Å². The van der Waals surface area contributed by atoms with Crippen LogP contribution in [-0.4, -0.2) is 17.5 Å². The van der Waals surface area contributed by atoms with Crippen molar-refractivity contribution in [2.45, 2.75) is 12.8 Å². The molecule has 0 aliphatic heterocycles. The SMILES string of the molecule is C=CC(COC(C)=O)c1ccccc1[N+](=O)[O-]. The maximum Gasteiger partial charge on any atom is 0.302 e. The van der Waals surface area contributed by atoms with Crippen LogP contribution < -0.4 is 0 Å². The van der Waals surface area contributed by atoms with E-state index in [1.165, 1.54) is 19.1 Å². The van der Waals surface area contributed by atoms with Crippen molar-refractivity contribution < 1.29 is 14.5 Å². The summed E-state index contributed by atoms with van der Waals surface area (Å²) in [6.45, 7) is 4.95. The largest absolute Gasteiger partial charge is 0.465 e. The van der Waals surface area contributed by atoms with Gasteiger partial charge in [0, 0.05) is 24.5 Å². The Morgan fingerprint density at radius 1 is 1.59 bits per heavy atom. The average Bonchev–Trinajstić information content (AvgIpc) is 2.30. The van der Waals surface area contributed by atoms with Crippen LogP contribution >= 0.6 is 0 Å². The molecule has 1 aromatic rings. The maximum atomic E-state index is 10.8. The van der Waals surface area contributed by atoms with Crippen molar-refractivity contribution in [1.82, 2.24) is 0 Å². The highest BCUT2D eigenvalue weighted by molar-refractivity contribution is 5.66. The van der Waals surface area contributed by atoms with Crippen molar-refractivity contribution in [3.05, 3.63) is 52.6 Å². The van der Waals surface area contributed by atoms with E-state index in [-0.39, 0.29) is 18.2 Å². The number of ether oxygens (including phenoxy) is 1. The van der Waals surface area contributed by atoms with Gasteiger partial charge in [0.15, 0.2) is 0 Å². The third-order valence-corrected chi connectivity index (χ3v) is 2.28. The Hall–Kier alpha value is -2.17. The average molecular weight is 235 g/mol. The molecule has 0 heterocycles. The summed E-state index contributed by atoms with van der Waals surface area (Å²) in [5, 5.41) is 10.8. The van der Waals surface area contributed by atoms with Crippen LogP contribution in [0.5, 0.6) is 0 Å². The lowest BCUT2D eigenvalue weighted by molar-refractivity contribution is -0.385. The molecule has 1 atom stereocenters. The molecular weight excluding hydrogens is 222 g/mol. The summed E-state index contributed by atoms with van der Waals surface area (Å²) in [5.41, 5.74) is 0.498. The Kier molecular flexibility index (Phi) is 4.39. The van der Waals surface area contributed by atoms with Crippen molar-refractivity contribution in [3.63, 3.8) is 0 Å². The van der Waals surface area contributed by atoms with Gasteiger partial charge in [-0.1, -0.05) is 24.3 Å². The van der Waals surface area contributed by atoms with Crippen LogP contribution in [0.1, 0.15) is 18.4 Å². The quantitative estimate of drug-likeness (QED) is 0.340. The zero-order valence-electron chi connectivity index (χ0n) is 9.46. The molecule has 5 nitrogen and oxygen atoms in total. The van der Waals surface area contributed by atoms with Gasteiger partial charge in [-0.05, 0) is 0 Å². The molecule has 0 saturated carbocycles. The second-order valence-electron chi connectivity index (χ2n) is 3.46. The second kappa shape index (κ2) is 5.79. The van der Waals surface area contributed by atoms with Gasteiger partial charge in [0.2, 0.25) is 0 Å². The van der Waals surface area contributed by atoms with Crippen LogP contribution in [0.4, 0.5) is 5.69 Å². The Labute approximate surface area is 98.9 Å². The first-order valence-electron chi connectivity index (χ1n) is 5.05. The number of nitro benzene ring substituents is 1. The summed E-state index contributed by atoms with van der Waals surface area (Å²) in [6.07, 6.45) is 1.53. The van der Waals surface area contributed by atoms with E-state index in [9.17, 15) is 14.9 Å². The summed E-state index contributed by atoms with van der Waals surface area (Å²) >= 11 is 0. The van der Waals surface area contributed by atoms with E-state index in [0.29, 0.717) is 5.56 Å². The van der Waals surface area contributed by atoms with Gasteiger partial charge < -0.3 is 4.74 Å². The predicted molar refractivity (Wildman–Crippen MR) is 62.7 cm³/mol. The topological polar surface area (TPSA) is 69.4 Å². The van der Waals surface area contributed by atoms with E-state index in [4.69, 9.17) is 4.74 Å². The van der Waals surface area contributed by atoms with E-state index in [0.717, 1.165) is 0 Å². The highest BCUT2D eigenvalue weighted by atomic mass is 16.6. The molecule has 0 bridgehead atoms. The van der Waals surface area contributed by atoms with Crippen molar-refractivity contribution >= 4 is 11.7 Å². The number of hydrogen-bond acceptors (Lipinski definition) is 4. The fraction of sp³-hybridized carbons (Fsp3) is 0.250. The number of para-hydroxylation sites is 1. The van der Waals surface area contributed by atoms with Gasteiger partial charge in [0.05, 0.1) is 4.92 Å². The molecule has 0 aromatic heterocycles. The summed E-state index contributed by atoms with van der Waals surface area (Å²) in [5.74, 6) is -0.795. The standard InChI is InChI=1S/C12H13NO4/c1-3-10(8-17-9(2)14)11-6-4-5-7-12(11)13(15)16/h3-7,10H,1,8H2,2H3. The Morgan fingerprint density at radius 3 is 2.76 bits per heavy atom. The minimum absolute atomic E-state index is 0.00421. The minimum atomic E-state index is -0.459. The van der Waals surface area contributed by atoms with Gasteiger partial charge >= 0.3 is 5.97 Å². The first kappa shape index (κ1) is 12.9.